The number of aryl methyl sites for hydroxylation is 1. The molecule has 1 N–H and O–H groups in total. The molecule has 11 heteroatoms. The molecule has 0 radical (unpaired) electrons. The van der Waals surface area contributed by atoms with Gasteiger partial charge in [0.15, 0.2) is 12.4 Å². The number of amides is 1. The maximum atomic E-state index is 12.5. The smallest absolute Gasteiger partial charge is 0.258 e. The lowest BCUT2D eigenvalue weighted by atomic mass is 9.80. The van der Waals surface area contributed by atoms with Gasteiger partial charge in [-0.05, 0) is 49.9 Å². The summed E-state index contributed by atoms with van der Waals surface area (Å²) in [5, 5.41) is 6.90. The number of ether oxygens (including phenoxy) is 2. The summed E-state index contributed by atoms with van der Waals surface area (Å²) in [7, 11) is -1.76. The van der Waals surface area contributed by atoms with Gasteiger partial charge in [-0.25, -0.2) is 12.7 Å². The number of hydrogen-bond donors (Lipinski definition) is 1. The molecule has 2 aromatic rings. The molecule has 3 atom stereocenters. The van der Waals surface area contributed by atoms with Crippen LogP contribution in [0.5, 0.6) is 11.5 Å². The molecule has 1 unspecified atom stereocenters. The van der Waals surface area contributed by atoms with Gasteiger partial charge in [-0.1, -0.05) is 5.16 Å². The number of sulfonamides is 1. The highest BCUT2D eigenvalue weighted by atomic mass is 32.2. The molecule has 1 aliphatic carbocycles. The molecule has 2 heterocycles. The Kier molecular flexibility index (Phi) is 5.65. The standard InChI is InChI=1S/C20H26N4O6S/c1-13-21-19(30-23-13)20-9-15(8-14(20)10-24(12-20)31(3,26)27)22-18(25)11-29-17-6-4-16(28-2)5-7-17/h4-7,14-15H,8-12H2,1-3H3,(H,22,25)/t14?,15-,20+/m1/s1. The van der Waals surface area contributed by atoms with Crippen LogP contribution in [0.3, 0.4) is 0 Å². The van der Waals surface area contributed by atoms with E-state index in [1.807, 2.05) is 0 Å². The van der Waals surface area contributed by atoms with Crippen LogP contribution in [0, 0.1) is 12.8 Å². The molecule has 1 amide bonds. The van der Waals surface area contributed by atoms with Gasteiger partial charge < -0.3 is 19.3 Å². The second-order valence-electron chi connectivity index (χ2n) is 8.22. The van der Waals surface area contributed by atoms with Crippen molar-refractivity contribution < 1.29 is 27.2 Å². The maximum Gasteiger partial charge on any atom is 0.258 e. The summed E-state index contributed by atoms with van der Waals surface area (Å²) >= 11 is 0. The molecule has 4 rings (SSSR count). The molecule has 2 aliphatic rings. The van der Waals surface area contributed by atoms with Gasteiger partial charge in [0, 0.05) is 19.1 Å². The van der Waals surface area contributed by atoms with E-state index in [0.717, 1.165) is 0 Å². The van der Waals surface area contributed by atoms with Crippen molar-refractivity contribution in [3.63, 3.8) is 0 Å². The lowest BCUT2D eigenvalue weighted by Crippen LogP contribution is -2.40. The van der Waals surface area contributed by atoms with Crippen LogP contribution >= 0.6 is 0 Å². The average molecular weight is 451 g/mol. The molecule has 168 valence electrons. The number of rotatable bonds is 7. The van der Waals surface area contributed by atoms with Crippen molar-refractivity contribution in [1.29, 1.82) is 0 Å². The minimum Gasteiger partial charge on any atom is -0.497 e. The lowest BCUT2D eigenvalue weighted by molar-refractivity contribution is -0.123. The van der Waals surface area contributed by atoms with E-state index in [0.29, 0.717) is 42.6 Å². The summed E-state index contributed by atoms with van der Waals surface area (Å²) in [6.45, 7) is 2.25. The van der Waals surface area contributed by atoms with Crippen molar-refractivity contribution in [3.8, 4) is 11.5 Å². The summed E-state index contributed by atoms with van der Waals surface area (Å²) < 4.78 is 41.8. The van der Waals surface area contributed by atoms with Gasteiger partial charge in [0.1, 0.15) is 11.5 Å². The Morgan fingerprint density at radius 2 is 2.03 bits per heavy atom. The number of methoxy groups -OCH3 is 1. The zero-order valence-corrected chi connectivity index (χ0v) is 18.5. The Morgan fingerprint density at radius 1 is 1.32 bits per heavy atom. The number of carbonyl (C=O) groups is 1. The molecule has 0 spiro atoms. The number of benzene rings is 1. The summed E-state index contributed by atoms with van der Waals surface area (Å²) in [6.07, 6.45) is 2.36. The van der Waals surface area contributed by atoms with Crippen LogP contribution in [-0.2, 0) is 20.2 Å². The maximum absolute atomic E-state index is 12.5. The monoisotopic (exact) mass is 450 g/mol. The minimum atomic E-state index is -3.34. The molecule has 1 aromatic carbocycles. The number of nitrogens with zero attached hydrogens (tertiary/aromatic N) is 3. The van der Waals surface area contributed by atoms with Crippen molar-refractivity contribution in [2.75, 3.05) is 33.1 Å². The van der Waals surface area contributed by atoms with Crippen LogP contribution in [0.15, 0.2) is 28.8 Å². The summed E-state index contributed by atoms with van der Waals surface area (Å²) in [5.41, 5.74) is -0.598. The van der Waals surface area contributed by atoms with Crippen LogP contribution in [-0.4, -0.2) is 67.9 Å². The Hall–Kier alpha value is -2.66. The first-order valence-corrected chi connectivity index (χ1v) is 11.9. The Balaban J connectivity index is 1.41. The van der Waals surface area contributed by atoms with Crippen LogP contribution < -0.4 is 14.8 Å². The van der Waals surface area contributed by atoms with E-state index >= 15 is 0 Å². The van der Waals surface area contributed by atoms with Gasteiger partial charge in [0.25, 0.3) is 5.91 Å². The fraction of sp³-hybridized carbons (Fsp3) is 0.550. The molecule has 1 aromatic heterocycles. The quantitative estimate of drug-likeness (QED) is 0.659. The molecule has 1 aliphatic heterocycles. The highest BCUT2D eigenvalue weighted by molar-refractivity contribution is 7.88. The number of fused-ring (bicyclic) bond motifs is 1. The highest BCUT2D eigenvalue weighted by Crippen LogP contribution is 2.50. The van der Waals surface area contributed by atoms with Gasteiger partial charge in [-0.15, -0.1) is 0 Å². The number of nitrogens with one attached hydrogen (secondary N) is 1. The topological polar surface area (TPSA) is 124 Å². The molecule has 2 fully saturated rings. The summed E-state index contributed by atoms with van der Waals surface area (Å²) in [6, 6.07) is 6.85. The van der Waals surface area contributed by atoms with Crippen LogP contribution in [0.1, 0.15) is 24.6 Å². The van der Waals surface area contributed by atoms with Crippen molar-refractivity contribution in [2.45, 2.75) is 31.2 Å². The van der Waals surface area contributed by atoms with E-state index in [1.165, 1.54) is 10.6 Å². The largest absolute Gasteiger partial charge is 0.497 e. The Morgan fingerprint density at radius 3 is 2.65 bits per heavy atom. The predicted molar refractivity (Wildman–Crippen MR) is 110 cm³/mol. The van der Waals surface area contributed by atoms with Gasteiger partial charge in [-0.3, -0.25) is 4.79 Å². The van der Waals surface area contributed by atoms with Gasteiger partial charge in [0.05, 0.1) is 18.8 Å². The predicted octanol–water partition coefficient (Wildman–Crippen LogP) is 0.873. The molecular weight excluding hydrogens is 424 g/mol. The average Bonchev–Trinajstić information content (AvgIpc) is 3.39. The third kappa shape index (κ3) is 4.38. The van der Waals surface area contributed by atoms with E-state index in [-0.39, 0.29) is 31.0 Å². The SMILES string of the molecule is COc1ccc(OCC(=O)N[C@@H]2CC3CN(S(C)(=O)=O)C[C@@]3(c3nc(C)no3)C2)cc1. The fourth-order valence-corrected chi connectivity index (χ4v) is 5.52. The van der Waals surface area contributed by atoms with E-state index in [1.54, 1.807) is 38.3 Å². The van der Waals surface area contributed by atoms with Crippen LogP contribution in [0.25, 0.3) is 0 Å². The molecule has 1 saturated heterocycles. The second kappa shape index (κ2) is 8.12. The van der Waals surface area contributed by atoms with Crippen molar-refractivity contribution in [1.82, 2.24) is 19.8 Å². The zero-order valence-electron chi connectivity index (χ0n) is 17.7. The normalized spacial score (nSPS) is 25.9. The molecule has 31 heavy (non-hydrogen) atoms. The van der Waals surface area contributed by atoms with Crippen LogP contribution in [0.4, 0.5) is 0 Å². The van der Waals surface area contributed by atoms with Gasteiger partial charge in [-0.2, -0.15) is 4.98 Å². The minimum absolute atomic E-state index is 0.0186. The third-order valence-corrected chi connectivity index (χ3v) is 7.28. The van der Waals surface area contributed by atoms with Gasteiger partial charge >= 0.3 is 0 Å². The number of aromatic nitrogens is 2. The molecule has 0 bridgehead atoms. The summed E-state index contributed by atoms with van der Waals surface area (Å²) in [4.78, 5) is 16.9. The van der Waals surface area contributed by atoms with Gasteiger partial charge in [0.2, 0.25) is 15.9 Å². The number of hydrogen-bond acceptors (Lipinski definition) is 8. The molecule has 10 nitrogen and oxygen atoms in total. The first-order valence-electron chi connectivity index (χ1n) is 10.0. The van der Waals surface area contributed by atoms with E-state index in [9.17, 15) is 13.2 Å². The highest BCUT2D eigenvalue weighted by Gasteiger charge is 2.58. The van der Waals surface area contributed by atoms with Crippen molar-refractivity contribution in [2.24, 2.45) is 5.92 Å². The Labute approximate surface area is 181 Å². The molecule has 1 saturated carbocycles. The molecular formula is C20H26N4O6S. The van der Waals surface area contributed by atoms with Crippen LogP contribution in [0.2, 0.25) is 0 Å². The summed E-state index contributed by atoms with van der Waals surface area (Å²) in [5.74, 6) is 1.96. The zero-order chi connectivity index (χ0) is 22.2. The van der Waals surface area contributed by atoms with Crippen molar-refractivity contribution in [3.05, 3.63) is 36.0 Å². The van der Waals surface area contributed by atoms with Crippen molar-refractivity contribution >= 4 is 15.9 Å². The van der Waals surface area contributed by atoms with E-state index < -0.39 is 15.4 Å². The van der Waals surface area contributed by atoms with E-state index in [2.05, 4.69) is 15.5 Å². The third-order valence-electron chi connectivity index (χ3n) is 6.06. The second-order valence-corrected chi connectivity index (χ2v) is 10.2. The first-order chi connectivity index (χ1) is 14.7. The Bertz CT molecular complexity index is 1050. The fourth-order valence-electron chi connectivity index (χ4n) is 4.61. The first kappa shape index (κ1) is 21.6. The lowest BCUT2D eigenvalue weighted by Gasteiger charge is -2.24. The number of carbonyl (C=O) groups excluding carboxylic acids is 1. The van der Waals surface area contributed by atoms with E-state index in [4.69, 9.17) is 14.0 Å².